The van der Waals surface area contributed by atoms with Crippen LogP contribution in [0.2, 0.25) is 0 Å². The second kappa shape index (κ2) is 10.9. The lowest BCUT2D eigenvalue weighted by molar-refractivity contribution is 0.179. The van der Waals surface area contributed by atoms with E-state index >= 15 is 0 Å². The number of benzene rings is 1. The summed E-state index contributed by atoms with van der Waals surface area (Å²) in [6.45, 7) is 6.52. The van der Waals surface area contributed by atoms with Crippen molar-refractivity contribution in [3.05, 3.63) is 29.8 Å². The molecule has 0 amide bonds. The number of rotatable bonds is 8. The van der Waals surface area contributed by atoms with Crippen LogP contribution in [0.3, 0.4) is 0 Å². The number of ether oxygens (including phenoxy) is 1. The molecular weight excluding hydrogens is 455 g/mol. The van der Waals surface area contributed by atoms with Gasteiger partial charge in [-0.2, -0.15) is 4.31 Å². The Labute approximate surface area is 168 Å². The molecule has 144 valence electrons. The molecule has 9 heteroatoms. The number of hydrogen-bond acceptors (Lipinski definition) is 4. The third-order valence-electron chi connectivity index (χ3n) is 3.57. The molecule has 1 aromatic rings. The fourth-order valence-corrected chi connectivity index (χ4v) is 3.34. The van der Waals surface area contributed by atoms with Crippen LogP contribution in [0.4, 0.5) is 0 Å². The van der Waals surface area contributed by atoms with Crippen LogP contribution in [0, 0.1) is 0 Å². The number of nitrogens with two attached hydrogens (primary N) is 1. The summed E-state index contributed by atoms with van der Waals surface area (Å²) in [5.74, 6) is 0.329. The molecule has 0 radical (unpaired) electrons. The third kappa shape index (κ3) is 7.47. The molecule has 0 fully saturated rings. The summed E-state index contributed by atoms with van der Waals surface area (Å²) in [6, 6.07) is 6.65. The summed E-state index contributed by atoms with van der Waals surface area (Å²) in [5, 5.41) is 3.01. The molecule has 1 rings (SSSR count). The van der Waals surface area contributed by atoms with Gasteiger partial charge in [-0.3, -0.25) is 0 Å². The predicted molar refractivity (Wildman–Crippen MR) is 112 cm³/mol. The van der Waals surface area contributed by atoms with Gasteiger partial charge in [-0.25, -0.2) is 13.4 Å². The highest BCUT2D eigenvalue weighted by molar-refractivity contribution is 14.0. The Morgan fingerprint density at radius 3 is 2.32 bits per heavy atom. The first kappa shape index (κ1) is 24.1. The molecule has 0 bridgehead atoms. The Kier molecular flexibility index (Phi) is 10.5. The van der Waals surface area contributed by atoms with Crippen molar-refractivity contribution >= 4 is 40.0 Å². The lowest BCUT2D eigenvalue weighted by Crippen LogP contribution is -2.40. The number of nitrogens with one attached hydrogen (secondary N) is 1. The number of methoxy groups -OCH3 is 1. The summed E-state index contributed by atoms with van der Waals surface area (Å²) in [4.78, 5) is 4.51. The minimum Gasteiger partial charge on any atom is -0.383 e. The first-order valence-corrected chi connectivity index (χ1v) is 9.24. The molecule has 0 aliphatic heterocycles. The zero-order chi connectivity index (χ0) is 18.3. The summed E-state index contributed by atoms with van der Waals surface area (Å²) in [7, 11) is -0.264. The van der Waals surface area contributed by atoms with E-state index < -0.39 is 10.0 Å². The minimum absolute atomic E-state index is 0. The maximum atomic E-state index is 12.4. The molecule has 0 aliphatic carbocycles. The van der Waals surface area contributed by atoms with Crippen molar-refractivity contribution in [3.63, 3.8) is 0 Å². The third-order valence-corrected chi connectivity index (χ3v) is 5.62. The molecule has 1 aromatic carbocycles. The van der Waals surface area contributed by atoms with Crippen LogP contribution >= 0.6 is 24.0 Å². The number of sulfonamides is 1. The molecule has 7 nitrogen and oxygen atoms in total. The van der Waals surface area contributed by atoms with Crippen molar-refractivity contribution in [2.24, 2.45) is 10.7 Å². The smallest absolute Gasteiger partial charge is 0.243 e. The molecule has 0 saturated heterocycles. The van der Waals surface area contributed by atoms with Crippen molar-refractivity contribution < 1.29 is 13.2 Å². The molecule has 0 saturated carbocycles. The van der Waals surface area contributed by atoms with Gasteiger partial charge in [-0.1, -0.05) is 12.1 Å². The lowest BCUT2D eigenvalue weighted by Gasteiger charge is -2.21. The van der Waals surface area contributed by atoms with Crippen molar-refractivity contribution in [3.8, 4) is 0 Å². The van der Waals surface area contributed by atoms with Crippen LogP contribution in [0.15, 0.2) is 34.2 Å². The SMILES string of the molecule is COCC(C)NC(N)=NCc1ccc(S(=O)(=O)N(C)C(C)C)cc1.I. The van der Waals surface area contributed by atoms with E-state index in [4.69, 9.17) is 10.5 Å². The van der Waals surface area contributed by atoms with Crippen LogP contribution in [0.5, 0.6) is 0 Å². The highest BCUT2D eigenvalue weighted by atomic mass is 127. The highest BCUT2D eigenvalue weighted by Gasteiger charge is 2.22. The van der Waals surface area contributed by atoms with Crippen LogP contribution in [0.1, 0.15) is 26.3 Å². The van der Waals surface area contributed by atoms with Crippen molar-refractivity contribution in [1.29, 1.82) is 0 Å². The molecule has 0 spiro atoms. The van der Waals surface area contributed by atoms with Crippen LogP contribution in [-0.4, -0.2) is 51.5 Å². The molecule has 1 atom stereocenters. The zero-order valence-electron chi connectivity index (χ0n) is 15.4. The van der Waals surface area contributed by atoms with E-state index in [1.165, 1.54) is 4.31 Å². The highest BCUT2D eigenvalue weighted by Crippen LogP contribution is 2.17. The van der Waals surface area contributed by atoms with E-state index in [1.807, 2.05) is 20.8 Å². The topological polar surface area (TPSA) is 97.0 Å². The zero-order valence-corrected chi connectivity index (χ0v) is 18.5. The number of halogens is 1. The van der Waals surface area contributed by atoms with Gasteiger partial charge in [0.25, 0.3) is 0 Å². The standard InChI is InChI=1S/C16H28N4O3S.HI/c1-12(2)20(4)24(21,22)15-8-6-14(7-9-15)10-18-16(17)19-13(3)11-23-5;/h6-9,12-13H,10-11H2,1-5H3,(H3,17,18,19);1H. The Hall–Kier alpha value is -0.910. The first-order valence-electron chi connectivity index (χ1n) is 7.80. The normalized spacial score (nSPS) is 13.6. The van der Waals surface area contributed by atoms with Gasteiger partial charge in [-0.15, -0.1) is 24.0 Å². The molecule has 3 N–H and O–H groups in total. The van der Waals surface area contributed by atoms with E-state index in [-0.39, 0.29) is 41.0 Å². The molecule has 0 aromatic heterocycles. The van der Waals surface area contributed by atoms with E-state index in [9.17, 15) is 8.42 Å². The summed E-state index contributed by atoms with van der Waals surface area (Å²) >= 11 is 0. The second-order valence-corrected chi connectivity index (χ2v) is 7.96. The fourth-order valence-electron chi connectivity index (χ4n) is 1.98. The van der Waals surface area contributed by atoms with Gasteiger partial charge < -0.3 is 15.8 Å². The average molecular weight is 484 g/mol. The first-order chi connectivity index (χ1) is 11.2. The van der Waals surface area contributed by atoms with Crippen LogP contribution in [-0.2, 0) is 21.3 Å². The summed E-state index contributed by atoms with van der Waals surface area (Å²) in [5.41, 5.74) is 6.69. The largest absolute Gasteiger partial charge is 0.383 e. The van der Waals surface area contributed by atoms with E-state index in [2.05, 4.69) is 10.3 Å². The number of hydrogen-bond donors (Lipinski definition) is 2. The Balaban J connectivity index is 0.00000576. The number of guanidine groups is 1. The summed E-state index contributed by atoms with van der Waals surface area (Å²) < 4.78 is 31.1. The maximum absolute atomic E-state index is 12.4. The lowest BCUT2D eigenvalue weighted by atomic mass is 10.2. The van der Waals surface area contributed by atoms with Crippen molar-refractivity contribution in [2.75, 3.05) is 20.8 Å². The quantitative estimate of drug-likeness (QED) is 0.333. The van der Waals surface area contributed by atoms with E-state index in [0.717, 1.165) is 5.56 Å². The van der Waals surface area contributed by atoms with Gasteiger partial charge >= 0.3 is 0 Å². The monoisotopic (exact) mass is 484 g/mol. The molecule has 0 heterocycles. The van der Waals surface area contributed by atoms with Crippen molar-refractivity contribution in [2.45, 2.75) is 44.3 Å². The number of aliphatic imine (C=N–C) groups is 1. The van der Waals surface area contributed by atoms with Gasteiger partial charge in [0.15, 0.2) is 5.96 Å². The minimum atomic E-state index is -3.46. The van der Waals surface area contributed by atoms with E-state index in [0.29, 0.717) is 19.1 Å². The summed E-state index contributed by atoms with van der Waals surface area (Å²) in [6.07, 6.45) is 0. The van der Waals surface area contributed by atoms with Gasteiger partial charge in [0, 0.05) is 26.2 Å². The Morgan fingerprint density at radius 1 is 1.28 bits per heavy atom. The molecule has 0 aliphatic rings. The number of nitrogens with zero attached hydrogens (tertiary/aromatic N) is 2. The molecule has 25 heavy (non-hydrogen) atoms. The van der Waals surface area contributed by atoms with Crippen molar-refractivity contribution in [1.82, 2.24) is 9.62 Å². The Bertz CT molecular complexity index is 648. The van der Waals surface area contributed by atoms with Gasteiger partial charge in [-0.05, 0) is 38.5 Å². The predicted octanol–water partition coefficient (Wildman–Crippen LogP) is 1.77. The second-order valence-electron chi connectivity index (χ2n) is 5.96. The Morgan fingerprint density at radius 2 is 1.84 bits per heavy atom. The molecule has 1 unspecified atom stereocenters. The average Bonchev–Trinajstić information content (AvgIpc) is 2.52. The van der Waals surface area contributed by atoms with Gasteiger partial charge in [0.2, 0.25) is 10.0 Å². The maximum Gasteiger partial charge on any atom is 0.243 e. The van der Waals surface area contributed by atoms with Crippen LogP contribution in [0.25, 0.3) is 0 Å². The van der Waals surface area contributed by atoms with Crippen LogP contribution < -0.4 is 11.1 Å². The van der Waals surface area contributed by atoms with Gasteiger partial charge in [0.05, 0.1) is 18.0 Å². The molecular formula is C16H29IN4O3S. The van der Waals surface area contributed by atoms with Gasteiger partial charge in [0.1, 0.15) is 0 Å². The van der Waals surface area contributed by atoms with E-state index in [1.54, 1.807) is 38.4 Å². The fraction of sp³-hybridized carbons (Fsp3) is 0.562.